The third kappa shape index (κ3) is 3.98. The number of thioether (sulfide) groups is 1. The highest BCUT2D eigenvalue weighted by molar-refractivity contribution is 8.00. The SMILES string of the molecule is COCCNCc1c(SC(C)(C)C)nc2ccccn12. The van der Waals surface area contributed by atoms with Crippen molar-refractivity contribution in [3.8, 4) is 0 Å². The number of methoxy groups -OCH3 is 1. The summed E-state index contributed by atoms with van der Waals surface area (Å²) in [4.78, 5) is 4.75. The average molecular weight is 293 g/mol. The quantitative estimate of drug-likeness (QED) is 0.656. The topological polar surface area (TPSA) is 38.6 Å². The Bertz CT molecular complexity index is 560. The van der Waals surface area contributed by atoms with Crippen LogP contribution in [-0.4, -0.2) is 34.4 Å². The van der Waals surface area contributed by atoms with E-state index in [9.17, 15) is 0 Å². The second-order valence-corrected chi connectivity index (χ2v) is 7.49. The zero-order valence-electron chi connectivity index (χ0n) is 12.6. The van der Waals surface area contributed by atoms with Crippen LogP contribution in [0.2, 0.25) is 0 Å². The Labute approximate surface area is 124 Å². The summed E-state index contributed by atoms with van der Waals surface area (Å²) in [5.41, 5.74) is 2.22. The highest BCUT2D eigenvalue weighted by Crippen LogP contribution is 2.33. The Hall–Kier alpha value is -1.04. The van der Waals surface area contributed by atoms with Crippen molar-refractivity contribution in [1.29, 1.82) is 0 Å². The molecule has 2 heterocycles. The highest BCUT2D eigenvalue weighted by atomic mass is 32.2. The fourth-order valence-electron chi connectivity index (χ4n) is 1.94. The third-order valence-electron chi connectivity index (χ3n) is 2.77. The molecule has 0 atom stereocenters. The number of imidazole rings is 1. The molecule has 0 amide bonds. The monoisotopic (exact) mass is 293 g/mol. The van der Waals surface area contributed by atoms with Crippen LogP contribution in [0, 0.1) is 0 Å². The molecule has 0 saturated carbocycles. The molecule has 0 radical (unpaired) electrons. The van der Waals surface area contributed by atoms with E-state index in [0.717, 1.165) is 30.4 Å². The number of aromatic nitrogens is 2. The molecule has 0 unspecified atom stereocenters. The molecule has 110 valence electrons. The van der Waals surface area contributed by atoms with Crippen molar-refractivity contribution in [2.45, 2.75) is 37.1 Å². The molecule has 0 fully saturated rings. The maximum atomic E-state index is 5.07. The van der Waals surface area contributed by atoms with Gasteiger partial charge >= 0.3 is 0 Å². The van der Waals surface area contributed by atoms with E-state index in [1.165, 1.54) is 5.69 Å². The second kappa shape index (κ2) is 6.61. The summed E-state index contributed by atoms with van der Waals surface area (Å²) < 4.78 is 7.38. The number of nitrogens with one attached hydrogen (secondary N) is 1. The van der Waals surface area contributed by atoms with Crippen LogP contribution in [0.15, 0.2) is 29.4 Å². The Morgan fingerprint density at radius 2 is 2.15 bits per heavy atom. The van der Waals surface area contributed by atoms with Gasteiger partial charge in [-0.3, -0.25) is 0 Å². The van der Waals surface area contributed by atoms with Gasteiger partial charge in [0, 0.05) is 31.1 Å². The summed E-state index contributed by atoms with van der Waals surface area (Å²) in [7, 11) is 1.72. The molecule has 0 saturated heterocycles. The second-order valence-electron chi connectivity index (χ2n) is 5.68. The van der Waals surface area contributed by atoms with E-state index in [1.54, 1.807) is 7.11 Å². The summed E-state index contributed by atoms with van der Waals surface area (Å²) in [5.74, 6) is 0. The Morgan fingerprint density at radius 1 is 1.35 bits per heavy atom. The van der Waals surface area contributed by atoms with Gasteiger partial charge in [0.1, 0.15) is 10.7 Å². The van der Waals surface area contributed by atoms with Crippen molar-refractivity contribution in [3.05, 3.63) is 30.1 Å². The number of ether oxygens (including phenoxy) is 1. The van der Waals surface area contributed by atoms with Crippen molar-refractivity contribution in [3.63, 3.8) is 0 Å². The summed E-state index contributed by atoms with van der Waals surface area (Å²) in [6, 6.07) is 6.11. The van der Waals surface area contributed by atoms with Gasteiger partial charge in [-0.1, -0.05) is 38.6 Å². The number of rotatable bonds is 6. The van der Waals surface area contributed by atoms with E-state index in [1.807, 2.05) is 30.0 Å². The van der Waals surface area contributed by atoms with Gasteiger partial charge in [-0.2, -0.15) is 0 Å². The van der Waals surface area contributed by atoms with Crippen LogP contribution in [-0.2, 0) is 11.3 Å². The van der Waals surface area contributed by atoms with Crippen LogP contribution in [0.25, 0.3) is 5.65 Å². The average Bonchev–Trinajstić information content (AvgIpc) is 2.70. The molecule has 0 aliphatic rings. The number of fused-ring (bicyclic) bond motifs is 1. The number of hydrogen-bond acceptors (Lipinski definition) is 4. The molecule has 2 rings (SSSR count). The van der Waals surface area contributed by atoms with E-state index in [4.69, 9.17) is 9.72 Å². The van der Waals surface area contributed by atoms with Gasteiger partial charge in [0.05, 0.1) is 12.3 Å². The van der Waals surface area contributed by atoms with Gasteiger partial charge in [0.15, 0.2) is 0 Å². The summed E-state index contributed by atoms with van der Waals surface area (Å²) in [5, 5.41) is 4.51. The van der Waals surface area contributed by atoms with Gasteiger partial charge in [-0.15, -0.1) is 0 Å². The first-order chi connectivity index (χ1) is 9.51. The summed E-state index contributed by atoms with van der Waals surface area (Å²) in [6.45, 7) is 9.00. The van der Waals surface area contributed by atoms with Crippen LogP contribution in [0.5, 0.6) is 0 Å². The molecule has 20 heavy (non-hydrogen) atoms. The van der Waals surface area contributed by atoms with Crippen LogP contribution in [0.3, 0.4) is 0 Å². The van der Waals surface area contributed by atoms with Crippen LogP contribution in [0.4, 0.5) is 0 Å². The van der Waals surface area contributed by atoms with Gasteiger partial charge in [-0.05, 0) is 12.1 Å². The lowest BCUT2D eigenvalue weighted by molar-refractivity contribution is 0.199. The van der Waals surface area contributed by atoms with Crippen LogP contribution < -0.4 is 5.32 Å². The van der Waals surface area contributed by atoms with Crippen molar-refractivity contribution < 1.29 is 4.74 Å². The van der Waals surface area contributed by atoms with Crippen LogP contribution in [0.1, 0.15) is 26.5 Å². The predicted octanol–water partition coefficient (Wildman–Crippen LogP) is 2.96. The molecular weight excluding hydrogens is 270 g/mol. The molecule has 0 spiro atoms. The molecule has 2 aromatic heterocycles. The minimum Gasteiger partial charge on any atom is -0.383 e. The van der Waals surface area contributed by atoms with Crippen molar-refractivity contribution in [2.75, 3.05) is 20.3 Å². The van der Waals surface area contributed by atoms with Gasteiger partial charge in [0.2, 0.25) is 0 Å². The van der Waals surface area contributed by atoms with Crippen molar-refractivity contribution in [1.82, 2.24) is 14.7 Å². The molecule has 0 aromatic carbocycles. The first-order valence-corrected chi connectivity index (χ1v) is 7.67. The molecule has 2 aromatic rings. The molecular formula is C15H23N3OS. The maximum absolute atomic E-state index is 5.07. The highest BCUT2D eigenvalue weighted by Gasteiger charge is 2.19. The van der Waals surface area contributed by atoms with Gasteiger partial charge in [0.25, 0.3) is 0 Å². The third-order valence-corrected chi connectivity index (χ3v) is 3.90. The van der Waals surface area contributed by atoms with E-state index in [0.29, 0.717) is 0 Å². The van der Waals surface area contributed by atoms with E-state index in [-0.39, 0.29) is 4.75 Å². The normalized spacial score (nSPS) is 12.2. The van der Waals surface area contributed by atoms with E-state index < -0.39 is 0 Å². The Balaban J connectivity index is 2.25. The molecule has 0 aliphatic heterocycles. The summed E-state index contributed by atoms with van der Waals surface area (Å²) in [6.07, 6.45) is 2.07. The van der Waals surface area contributed by atoms with Crippen LogP contribution >= 0.6 is 11.8 Å². The zero-order chi connectivity index (χ0) is 14.6. The lowest BCUT2D eigenvalue weighted by Crippen LogP contribution is -2.20. The Kier molecular flexibility index (Phi) is 5.07. The number of pyridine rings is 1. The maximum Gasteiger partial charge on any atom is 0.138 e. The summed E-state index contributed by atoms with van der Waals surface area (Å²) >= 11 is 1.81. The standard InChI is InChI=1S/C15H23N3OS/c1-15(2,3)20-14-12(11-16-8-10-19-4)18-9-6-5-7-13(18)17-14/h5-7,9,16H,8,10-11H2,1-4H3. The first kappa shape index (κ1) is 15.4. The lowest BCUT2D eigenvalue weighted by atomic mass is 10.3. The molecule has 4 nitrogen and oxygen atoms in total. The fourth-order valence-corrected chi connectivity index (χ4v) is 2.95. The molecule has 1 N–H and O–H groups in total. The first-order valence-electron chi connectivity index (χ1n) is 6.86. The minimum atomic E-state index is 0.152. The van der Waals surface area contributed by atoms with Gasteiger partial charge < -0.3 is 14.5 Å². The molecule has 0 aliphatic carbocycles. The fraction of sp³-hybridized carbons (Fsp3) is 0.533. The minimum absolute atomic E-state index is 0.152. The van der Waals surface area contributed by atoms with E-state index in [2.05, 4.69) is 36.7 Å². The zero-order valence-corrected chi connectivity index (χ0v) is 13.5. The Morgan fingerprint density at radius 3 is 2.85 bits per heavy atom. The van der Waals surface area contributed by atoms with E-state index >= 15 is 0 Å². The van der Waals surface area contributed by atoms with Gasteiger partial charge in [-0.25, -0.2) is 4.98 Å². The predicted molar refractivity (Wildman–Crippen MR) is 84.4 cm³/mol. The molecule has 0 bridgehead atoms. The van der Waals surface area contributed by atoms with Crippen molar-refractivity contribution in [2.24, 2.45) is 0 Å². The van der Waals surface area contributed by atoms with Crippen molar-refractivity contribution >= 4 is 17.4 Å². The number of hydrogen-bond donors (Lipinski definition) is 1. The molecule has 5 heteroatoms. The smallest absolute Gasteiger partial charge is 0.138 e. The largest absolute Gasteiger partial charge is 0.383 e. The lowest BCUT2D eigenvalue weighted by Gasteiger charge is -2.17. The number of nitrogens with zero attached hydrogens (tertiary/aromatic N) is 2.